The molecule has 1 unspecified atom stereocenters. The van der Waals surface area contributed by atoms with Gasteiger partial charge in [-0.3, -0.25) is 4.99 Å². The molecule has 0 bridgehead atoms. The molecule has 1 aliphatic heterocycles. The number of nitrogens with zero attached hydrogens (tertiary/aromatic N) is 2. The molecule has 1 atom stereocenters. The fourth-order valence-electron chi connectivity index (χ4n) is 1.39. The van der Waals surface area contributed by atoms with Crippen LogP contribution < -0.4 is 11.5 Å². The Morgan fingerprint density at radius 3 is 2.60 bits per heavy atom. The molecule has 1 heterocycles. The minimum absolute atomic E-state index is 0.0262. The summed E-state index contributed by atoms with van der Waals surface area (Å²) in [7, 11) is 0. The first-order valence-corrected chi connectivity index (χ1v) is 4.59. The van der Waals surface area contributed by atoms with Crippen molar-refractivity contribution < 1.29 is 4.74 Å². The summed E-state index contributed by atoms with van der Waals surface area (Å²) in [5.41, 5.74) is 12.3. The largest absolute Gasteiger partial charge is 0.474 e. The third kappa shape index (κ3) is 2.25. The summed E-state index contributed by atoms with van der Waals surface area (Å²) < 4.78 is 5.28. The van der Waals surface area contributed by atoms with E-state index < -0.39 is 0 Å². The Bertz CT molecular complexity index is 384. The quantitative estimate of drug-likeness (QED) is 0.549. The molecule has 0 fully saturated rings. The zero-order chi connectivity index (χ0) is 10.7. The van der Waals surface area contributed by atoms with Gasteiger partial charge in [0.2, 0.25) is 0 Å². The summed E-state index contributed by atoms with van der Waals surface area (Å²) in [6, 6.07) is 7.55. The molecule has 1 aliphatic rings. The van der Waals surface area contributed by atoms with E-state index in [1.54, 1.807) is 0 Å². The number of ether oxygens (including phenoxy) is 1. The van der Waals surface area contributed by atoms with Gasteiger partial charge in [0.25, 0.3) is 0 Å². The normalized spacial score (nSPS) is 18.5. The van der Waals surface area contributed by atoms with Crippen LogP contribution in [0.4, 0.5) is 5.69 Å². The van der Waals surface area contributed by atoms with Crippen LogP contribution in [-0.2, 0) is 4.74 Å². The van der Waals surface area contributed by atoms with Crippen molar-refractivity contribution >= 4 is 18.0 Å². The van der Waals surface area contributed by atoms with Gasteiger partial charge >= 0.3 is 0 Å². The predicted octanol–water partition coefficient (Wildman–Crippen LogP) is 0.691. The van der Waals surface area contributed by atoms with E-state index in [-0.39, 0.29) is 12.1 Å². The highest BCUT2D eigenvalue weighted by atomic mass is 16.5. The molecule has 78 valence electrons. The summed E-state index contributed by atoms with van der Waals surface area (Å²) in [6.07, 6.45) is 1.51. The Hall–Kier alpha value is -2.04. The molecular weight excluding hydrogens is 192 g/mol. The highest BCUT2D eigenvalue weighted by Gasteiger charge is 2.14. The van der Waals surface area contributed by atoms with E-state index in [4.69, 9.17) is 16.2 Å². The van der Waals surface area contributed by atoms with Gasteiger partial charge in [0.1, 0.15) is 6.10 Å². The fraction of sp³-hybridized carbons (Fsp3) is 0.200. The van der Waals surface area contributed by atoms with Crippen LogP contribution in [0, 0.1) is 0 Å². The lowest BCUT2D eigenvalue weighted by Crippen LogP contribution is -2.21. The van der Waals surface area contributed by atoms with E-state index in [0.29, 0.717) is 6.54 Å². The summed E-state index contributed by atoms with van der Waals surface area (Å²) in [6.45, 7) is 0.668. The molecule has 0 spiro atoms. The van der Waals surface area contributed by atoms with Crippen molar-refractivity contribution in [1.29, 1.82) is 0 Å². The molecule has 0 aromatic heterocycles. The van der Waals surface area contributed by atoms with Gasteiger partial charge in [0, 0.05) is 0 Å². The number of rotatable bonds is 2. The first kappa shape index (κ1) is 9.51. The van der Waals surface area contributed by atoms with Crippen LogP contribution in [0.1, 0.15) is 11.7 Å². The van der Waals surface area contributed by atoms with Crippen LogP contribution in [-0.4, -0.2) is 18.9 Å². The van der Waals surface area contributed by atoms with Crippen LogP contribution in [0.2, 0.25) is 0 Å². The smallest absolute Gasteiger partial charge is 0.191 e. The first-order chi connectivity index (χ1) is 7.25. The van der Waals surface area contributed by atoms with Crippen LogP contribution >= 0.6 is 0 Å². The fourth-order valence-corrected chi connectivity index (χ4v) is 1.39. The Balaban J connectivity index is 2.13. The lowest BCUT2D eigenvalue weighted by Gasteiger charge is -2.08. The molecule has 0 aliphatic carbocycles. The minimum atomic E-state index is 0.0262. The number of guanidine groups is 1. The van der Waals surface area contributed by atoms with Crippen molar-refractivity contribution in [3.8, 4) is 0 Å². The number of hydrogen-bond donors (Lipinski definition) is 2. The molecule has 5 heteroatoms. The second-order valence-corrected chi connectivity index (χ2v) is 3.22. The lowest BCUT2D eigenvalue weighted by atomic mass is 10.1. The molecule has 0 saturated heterocycles. The van der Waals surface area contributed by atoms with Gasteiger partial charge in [-0.2, -0.15) is 0 Å². The van der Waals surface area contributed by atoms with E-state index >= 15 is 0 Å². The molecule has 1 aromatic carbocycles. The van der Waals surface area contributed by atoms with Crippen molar-refractivity contribution in [2.24, 2.45) is 21.5 Å². The van der Waals surface area contributed by atoms with Gasteiger partial charge in [-0.1, -0.05) is 12.1 Å². The van der Waals surface area contributed by atoms with Gasteiger partial charge in [0.05, 0.1) is 12.2 Å². The zero-order valence-corrected chi connectivity index (χ0v) is 8.13. The van der Waals surface area contributed by atoms with Crippen molar-refractivity contribution in [2.75, 3.05) is 6.54 Å². The van der Waals surface area contributed by atoms with Gasteiger partial charge in [-0.25, -0.2) is 4.99 Å². The van der Waals surface area contributed by atoms with Gasteiger partial charge in [-0.15, -0.1) is 0 Å². The predicted molar refractivity (Wildman–Crippen MR) is 59.1 cm³/mol. The summed E-state index contributed by atoms with van der Waals surface area (Å²) in [4.78, 5) is 7.92. The van der Waals surface area contributed by atoms with Gasteiger partial charge in [0.15, 0.2) is 12.4 Å². The molecule has 15 heavy (non-hydrogen) atoms. The van der Waals surface area contributed by atoms with E-state index in [1.807, 2.05) is 24.3 Å². The van der Waals surface area contributed by atoms with Crippen molar-refractivity contribution in [3.05, 3.63) is 29.8 Å². The third-order valence-corrected chi connectivity index (χ3v) is 2.09. The number of aliphatic imine (C=N–C) groups is 2. The van der Waals surface area contributed by atoms with E-state index in [1.165, 1.54) is 6.40 Å². The third-order valence-electron chi connectivity index (χ3n) is 2.09. The number of nitrogens with two attached hydrogens (primary N) is 2. The second-order valence-electron chi connectivity index (χ2n) is 3.22. The molecule has 5 nitrogen and oxygen atoms in total. The Morgan fingerprint density at radius 1 is 1.33 bits per heavy atom. The summed E-state index contributed by atoms with van der Waals surface area (Å²) >= 11 is 0. The van der Waals surface area contributed by atoms with Crippen molar-refractivity contribution in [1.82, 2.24) is 0 Å². The molecule has 4 N–H and O–H groups in total. The van der Waals surface area contributed by atoms with Crippen LogP contribution in [0.15, 0.2) is 34.3 Å². The SMILES string of the molecule is NC(N)=Nc1ccc(C2CN=CO2)cc1. The summed E-state index contributed by atoms with van der Waals surface area (Å²) in [5.74, 6) is 0.0585. The standard InChI is InChI=1S/C10H12N4O/c11-10(12)14-8-3-1-7(2-4-8)9-5-13-6-15-9/h1-4,6,9H,5H2,(H4,11,12,14). The maximum Gasteiger partial charge on any atom is 0.191 e. The van der Waals surface area contributed by atoms with Crippen LogP contribution in [0.5, 0.6) is 0 Å². The van der Waals surface area contributed by atoms with Gasteiger partial charge in [-0.05, 0) is 17.7 Å². The molecule has 0 saturated carbocycles. The molecule has 0 radical (unpaired) electrons. The number of benzene rings is 1. The summed E-state index contributed by atoms with van der Waals surface area (Å²) in [5, 5.41) is 0. The molecule has 2 rings (SSSR count). The monoisotopic (exact) mass is 204 g/mol. The topological polar surface area (TPSA) is 86.0 Å². The maximum absolute atomic E-state index is 5.28. The minimum Gasteiger partial charge on any atom is -0.474 e. The van der Waals surface area contributed by atoms with Gasteiger partial charge < -0.3 is 16.2 Å². The van der Waals surface area contributed by atoms with E-state index in [2.05, 4.69) is 9.98 Å². The zero-order valence-electron chi connectivity index (χ0n) is 8.13. The Morgan fingerprint density at radius 2 is 2.07 bits per heavy atom. The first-order valence-electron chi connectivity index (χ1n) is 4.59. The van der Waals surface area contributed by atoms with Crippen molar-refractivity contribution in [3.63, 3.8) is 0 Å². The van der Waals surface area contributed by atoms with Crippen LogP contribution in [0.3, 0.4) is 0 Å². The van der Waals surface area contributed by atoms with Crippen molar-refractivity contribution in [2.45, 2.75) is 6.10 Å². The highest BCUT2D eigenvalue weighted by molar-refractivity contribution is 5.78. The molecular formula is C10H12N4O. The van der Waals surface area contributed by atoms with E-state index in [9.17, 15) is 0 Å². The molecule has 0 amide bonds. The highest BCUT2D eigenvalue weighted by Crippen LogP contribution is 2.22. The average Bonchev–Trinajstić information content (AvgIpc) is 2.71. The lowest BCUT2D eigenvalue weighted by molar-refractivity contribution is 0.240. The average molecular weight is 204 g/mol. The van der Waals surface area contributed by atoms with E-state index in [0.717, 1.165) is 11.3 Å². The molecule has 1 aromatic rings. The van der Waals surface area contributed by atoms with Crippen LogP contribution in [0.25, 0.3) is 0 Å². The second kappa shape index (κ2) is 4.00. The maximum atomic E-state index is 5.28. The Kier molecular flexibility index (Phi) is 2.53. The Labute approximate surface area is 87.5 Å². The number of hydrogen-bond acceptors (Lipinski definition) is 3.